The fourth-order valence-electron chi connectivity index (χ4n) is 3.22. The van der Waals surface area contributed by atoms with Gasteiger partial charge in [-0.05, 0) is 55.4 Å². The van der Waals surface area contributed by atoms with Gasteiger partial charge in [-0.25, -0.2) is 0 Å². The molecule has 1 saturated heterocycles. The zero-order valence-electron chi connectivity index (χ0n) is 13.7. The standard InChI is InChI=1S/C20H22F3N/c1-14-19(24-14)12-9-17(16-5-3-2-4-6-16)13-15-7-10-18(11-8-15)20(21,22)23/h2-8,10-11,14,17,19,24H,9,12-13H2,1H3. The quantitative estimate of drug-likeness (QED) is 0.724. The largest absolute Gasteiger partial charge is 0.416 e. The molecule has 3 unspecified atom stereocenters. The maximum Gasteiger partial charge on any atom is 0.416 e. The van der Waals surface area contributed by atoms with E-state index in [0.717, 1.165) is 24.8 Å². The fraction of sp³-hybridized carbons (Fsp3) is 0.400. The Morgan fingerprint density at radius 3 is 2.17 bits per heavy atom. The molecule has 128 valence electrons. The highest BCUT2D eigenvalue weighted by molar-refractivity contribution is 5.28. The molecule has 1 heterocycles. The van der Waals surface area contributed by atoms with Crippen molar-refractivity contribution in [3.05, 3.63) is 71.3 Å². The summed E-state index contributed by atoms with van der Waals surface area (Å²) in [7, 11) is 0. The molecule has 2 aromatic carbocycles. The first-order chi connectivity index (χ1) is 11.4. The number of nitrogens with one attached hydrogen (secondary N) is 1. The van der Waals surface area contributed by atoms with Gasteiger partial charge in [0.15, 0.2) is 0 Å². The number of benzene rings is 2. The van der Waals surface area contributed by atoms with Crippen molar-refractivity contribution in [2.45, 2.75) is 50.4 Å². The number of hydrogen-bond acceptors (Lipinski definition) is 1. The summed E-state index contributed by atoms with van der Waals surface area (Å²) in [5.41, 5.74) is 1.62. The van der Waals surface area contributed by atoms with Gasteiger partial charge in [-0.15, -0.1) is 0 Å². The number of halogens is 3. The summed E-state index contributed by atoms with van der Waals surface area (Å²) in [6, 6.07) is 17.0. The Hall–Kier alpha value is -1.81. The summed E-state index contributed by atoms with van der Waals surface area (Å²) in [5.74, 6) is 0.331. The molecule has 0 saturated carbocycles. The van der Waals surface area contributed by atoms with Crippen LogP contribution in [-0.4, -0.2) is 12.1 Å². The smallest absolute Gasteiger partial charge is 0.308 e. The summed E-state index contributed by atoms with van der Waals surface area (Å²) >= 11 is 0. The molecule has 0 bridgehead atoms. The van der Waals surface area contributed by atoms with Gasteiger partial charge in [0.1, 0.15) is 0 Å². The molecule has 3 atom stereocenters. The second-order valence-electron chi connectivity index (χ2n) is 6.65. The minimum atomic E-state index is -4.27. The van der Waals surface area contributed by atoms with E-state index >= 15 is 0 Å². The Balaban J connectivity index is 1.71. The molecule has 1 nitrogen and oxygen atoms in total. The fourth-order valence-corrected chi connectivity index (χ4v) is 3.22. The van der Waals surface area contributed by atoms with Gasteiger partial charge in [0, 0.05) is 12.1 Å². The van der Waals surface area contributed by atoms with Crippen molar-refractivity contribution in [2.24, 2.45) is 0 Å². The van der Waals surface area contributed by atoms with Gasteiger partial charge in [0.25, 0.3) is 0 Å². The van der Waals surface area contributed by atoms with Gasteiger partial charge in [0.05, 0.1) is 5.56 Å². The van der Waals surface area contributed by atoms with Gasteiger partial charge in [-0.2, -0.15) is 13.2 Å². The predicted molar refractivity (Wildman–Crippen MR) is 90.0 cm³/mol. The van der Waals surface area contributed by atoms with Crippen LogP contribution in [0.2, 0.25) is 0 Å². The maximum absolute atomic E-state index is 12.7. The van der Waals surface area contributed by atoms with Crippen LogP contribution in [0, 0.1) is 0 Å². The van der Waals surface area contributed by atoms with Gasteiger partial charge < -0.3 is 5.32 Å². The highest BCUT2D eigenvalue weighted by atomic mass is 19.4. The third-order valence-corrected chi connectivity index (χ3v) is 4.83. The van der Waals surface area contributed by atoms with E-state index in [-0.39, 0.29) is 0 Å². The van der Waals surface area contributed by atoms with E-state index in [1.54, 1.807) is 12.1 Å². The maximum atomic E-state index is 12.7. The molecule has 1 aliphatic rings. The Kier molecular flexibility index (Phi) is 4.95. The van der Waals surface area contributed by atoms with Crippen LogP contribution in [0.3, 0.4) is 0 Å². The molecule has 2 aromatic rings. The van der Waals surface area contributed by atoms with E-state index in [1.165, 1.54) is 17.7 Å². The molecule has 1 N–H and O–H groups in total. The highest BCUT2D eigenvalue weighted by Crippen LogP contribution is 2.32. The van der Waals surface area contributed by atoms with E-state index in [9.17, 15) is 13.2 Å². The molecule has 0 amide bonds. The molecule has 1 fully saturated rings. The summed E-state index contributed by atoms with van der Waals surface area (Å²) in [6.07, 6.45) is -1.37. The highest BCUT2D eigenvalue weighted by Gasteiger charge is 2.32. The summed E-state index contributed by atoms with van der Waals surface area (Å²) in [6.45, 7) is 2.18. The molecule has 0 spiro atoms. The molecular weight excluding hydrogens is 311 g/mol. The molecule has 0 aromatic heterocycles. The second kappa shape index (κ2) is 6.98. The van der Waals surface area contributed by atoms with Crippen molar-refractivity contribution in [3.63, 3.8) is 0 Å². The summed E-state index contributed by atoms with van der Waals surface area (Å²) in [5, 5.41) is 3.40. The third kappa shape index (κ3) is 4.38. The van der Waals surface area contributed by atoms with Gasteiger partial charge in [-0.1, -0.05) is 42.5 Å². The first-order valence-corrected chi connectivity index (χ1v) is 8.40. The summed E-state index contributed by atoms with van der Waals surface area (Å²) < 4.78 is 38.1. The zero-order chi connectivity index (χ0) is 17.2. The Morgan fingerprint density at radius 1 is 1.00 bits per heavy atom. The van der Waals surface area contributed by atoms with Crippen molar-refractivity contribution in [1.82, 2.24) is 5.32 Å². The van der Waals surface area contributed by atoms with Crippen LogP contribution < -0.4 is 5.32 Å². The topological polar surface area (TPSA) is 21.9 Å². The zero-order valence-corrected chi connectivity index (χ0v) is 13.7. The lowest BCUT2D eigenvalue weighted by atomic mass is 9.87. The first kappa shape index (κ1) is 17.0. The average Bonchev–Trinajstić information content (AvgIpc) is 3.27. The molecule has 24 heavy (non-hydrogen) atoms. The number of hydrogen-bond donors (Lipinski definition) is 1. The van der Waals surface area contributed by atoms with Crippen molar-refractivity contribution >= 4 is 0 Å². The molecule has 4 heteroatoms. The Morgan fingerprint density at radius 2 is 1.62 bits per heavy atom. The monoisotopic (exact) mass is 333 g/mol. The lowest BCUT2D eigenvalue weighted by molar-refractivity contribution is -0.137. The molecular formula is C20H22F3N. The molecule has 0 aliphatic carbocycles. The van der Waals surface area contributed by atoms with E-state index in [2.05, 4.69) is 24.4 Å². The Labute approximate surface area is 140 Å². The first-order valence-electron chi connectivity index (χ1n) is 8.40. The molecule has 3 rings (SSSR count). The minimum absolute atomic E-state index is 0.331. The Bertz CT molecular complexity index is 649. The van der Waals surface area contributed by atoms with Crippen molar-refractivity contribution < 1.29 is 13.2 Å². The van der Waals surface area contributed by atoms with E-state index in [4.69, 9.17) is 0 Å². The normalized spacial score (nSPS) is 21.5. The summed E-state index contributed by atoms with van der Waals surface area (Å²) in [4.78, 5) is 0. The van der Waals surface area contributed by atoms with E-state index < -0.39 is 11.7 Å². The minimum Gasteiger partial charge on any atom is -0.308 e. The third-order valence-electron chi connectivity index (χ3n) is 4.83. The number of rotatable bonds is 6. The van der Waals surface area contributed by atoms with Crippen LogP contribution in [0.4, 0.5) is 13.2 Å². The van der Waals surface area contributed by atoms with Crippen LogP contribution >= 0.6 is 0 Å². The molecule has 0 radical (unpaired) electrons. The SMILES string of the molecule is CC1NC1CCC(Cc1ccc(C(F)(F)F)cc1)c1ccccc1. The lowest BCUT2D eigenvalue weighted by Crippen LogP contribution is -2.07. The van der Waals surface area contributed by atoms with Gasteiger partial charge in [0.2, 0.25) is 0 Å². The molecule has 1 aliphatic heterocycles. The van der Waals surface area contributed by atoms with Crippen LogP contribution in [0.15, 0.2) is 54.6 Å². The van der Waals surface area contributed by atoms with Crippen LogP contribution in [0.5, 0.6) is 0 Å². The van der Waals surface area contributed by atoms with Crippen molar-refractivity contribution in [2.75, 3.05) is 0 Å². The van der Waals surface area contributed by atoms with Gasteiger partial charge >= 0.3 is 6.18 Å². The average molecular weight is 333 g/mol. The van der Waals surface area contributed by atoms with Crippen molar-refractivity contribution in [3.8, 4) is 0 Å². The number of alkyl halides is 3. The van der Waals surface area contributed by atoms with Crippen LogP contribution in [0.25, 0.3) is 0 Å². The van der Waals surface area contributed by atoms with Crippen LogP contribution in [0.1, 0.15) is 42.4 Å². The van der Waals surface area contributed by atoms with Crippen LogP contribution in [-0.2, 0) is 12.6 Å². The van der Waals surface area contributed by atoms with Gasteiger partial charge in [-0.3, -0.25) is 0 Å². The van der Waals surface area contributed by atoms with Crippen molar-refractivity contribution in [1.29, 1.82) is 0 Å². The predicted octanol–water partition coefficient (Wildman–Crippen LogP) is 5.17. The van der Waals surface area contributed by atoms with E-state index in [1.807, 2.05) is 18.2 Å². The lowest BCUT2D eigenvalue weighted by Gasteiger charge is -2.18. The van der Waals surface area contributed by atoms with E-state index in [0.29, 0.717) is 18.0 Å². The second-order valence-corrected chi connectivity index (χ2v) is 6.65.